The second-order valence-corrected chi connectivity index (χ2v) is 5.39. The molecule has 1 heterocycles. The monoisotopic (exact) mass is 227 g/mol. The Bertz CT molecular complexity index is 186. The Hall–Kier alpha value is -0.120. The van der Waals surface area contributed by atoms with Gasteiger partial charge in [-0.25, -0.2) is 0 Å². The fourth-order valence-electron chi connectivity index (χ4n) is 2.56. The molecule has 0 aromatic carbocycles. The smallest absolute Gasteiger partial charge is 0.0113 e. The van der Waals surface area contributed by atoms with E-state index in [1.165, 1.54) is 32.6 Å². The van der Waals surface area contributed by atoms with E-state index >= 15 is 0 Å². The van der Waals surface area contributed by atoms with E-state index in [1.807, 2.05) is 0 Å². The summed E-state index contributed by atoms with van der Waals surface area (Å²) in [7, 11) is 0. The standard InChI is InChI=1S/C13H29N3/c1-5-12(3)15-6-8-16(9-7-15)13(4)10-11(2)14/h11-13H,5-10,14H2,1-4H3. The molecular formula is C13H29N3. The van der Waals surface area contributed by atoms with Crippen molar-refractivity contribution in [1.82, 2.24) is 9.80 Å². The van der Waals surface area contributed by atoms with Gasteiger partial charge >= 0.3 is 0 Å². The van der Waals surface area contributed by atoms with Crippen LogP contribution in [0.3, 0.4) is 0 Å². The molecule has 1 rings (SSSR count). The third kappa shape index (κ3) is 4.04. The molecule has 0 spiro atoms. The highest BCUT2D eigenvalue weighted by molar-refractivity contribution is 4.79. The van der Waals surface area contributed by atoms with Crippen LogP contribution in [0, 0.1) is 0 Å². The molecule has 1 fully saturated rings. The summed E-state index contributed by atoms with van der Waals surface area (Å²) < 4.78 is 0. The molecule has 0 saturated carbocycles. The zero-order chi connectivity index (χ0) is 12.1. The van der Waals surface area contributed by atoms with Gasteiger partial charge in [-0.2, -0.15) is 0 Å². The average Bonchev–Trinajstić information content (AvgIpc) is 2.27. The molecule has 3 heteroatoms. The van der Waals surface area contributed by atoms with Crippen molar-refractivity contribution < 1.29 is 0 Å². The van der Waals surface area contributed by atoms with Gasteiger partial charge in [-0.1, -0.05) is 6.92 Å². The Morgan fingerprint density at radius 3 is 1.75 bits per heavy atom. The molecule has 1 aliphatic rings. The first kappa shape index (κ1) is 13.9. The normalized spacial score (nSPS) is 25.3. The summed E-state index contributed by atoms with van der Waals surface area (Å²) in [6.45, 7) is 13.9. The van der Waals surface area contributed by atoms with Crippen LogP contribution in [0.4, 0.5) is 0 Å². The van der Waals surface area contributed by atoms with E-state index in [2.05, 4.69) is 37.5 Å². The minimum atomic E-state index is 0.322. The van der Waals surface area contributed by atoms with Crippen LogP contribution < -0.4 is 5.73 Å². The van der Waals surface area contributed by atoms with Crippen LogP contribution in [0.2, 0.25) is 0 Å². The number of nitrogens with zero attached hydrogens (tertiary/aromatic N) is 2. The zero-order valence-corrected chi connectivity index (χ0v) is 11.4. The Kier molecular flexibility index (Phi) is 5.73. The quantitative estimate of drug-likeness (QED) is 0.773. The second-order valence-electron chi connectivity index (χ2n) is 5.39. The molecule has 1 saturated heterocycles. The highest BCUT2D eigenvalue weighted by Gasteiger charge is 2.23. The van der Waals surface area contributed by atoms with Gasteiger partial charge in [0.15, 0.2) is 0 Å². The lowest BCUT2D eigenvalue weighted by molar-refractivity contribution is 0.0733. The summed E-state index contributed by atoms with van der Waals surface area (Å²) in [6.07, 6.45) is 2.37. The summed E-state index contributed by atoms with van der Waals surface area (Å²) in [4.78, 5) is 5.19. The first-order chi connectivity index (χ1) is 7.54. The third-order valence-corrected chi connectivity index (χ3v) is 3.90. The van der Waals surface area contributed by atoms with Crippen LogP contribution in [-0.4, -0.2) is 54.1 Å². The van der Waals surface area contributed by atoms with Gasteiger partial charge in [-0.3, -0.25) is 9.80 Å². The van der Waals surface area contributed by atoms with Crippen LogP contribution in [-0.2, 0) is 0 Å². The maximum Gasteiger partial charge on any atom is 0.0113 e. The topological polar surface area (TPSA) is 32.5 Å². The number of hydrogen-bond acceptors (Lipinski definition) is 3. The molecule has 1 aliphatic heterocycles. The molecule has 3 atom stereocenters. The summed E-state index contributed by atoms with van der Waals surface area (Å²) in [5.41, 5.74) is 5.86. The lowest BCUT2D eigenvalue weighted by atomic mass is 10.1. The number of hydrogen-bond donors (Lipinski definition) is 1. The molecule has 2 N–H and O–H groups in total. The summed E-state index contributed by atoms with van der Waals surface area (Å²) >= 11 is 0. The SMILES string of the molecule is CCC(C)N1CCN(C(C)CC(C)N)CC1. The lowest BCUT2D eigenvalue weighted by Crippen LogP contribution is -2.52. The summed E-state index contributed by atoms with van der Waals surface area (Å²) in [5, 5.41) is 0. The molecule has 0 amide bonds. The van der Waals surface area contributed by atoms with Crippen LogP contribution in [0.25, 0.3) is 0 Å². The fourth-order valence-corrected chi connectivity index (χ4v) is 2.56. The Morgan fingerprint density at radius 1 is 0.938 bits per heavy atom. The number of piperazine rings is 1. The number of nitrogens with two attached hydrogens (primary N) is 1. The molecule has 3 nitrogen and oxygen atoms in total. The summed E-state index contributed by atoms with van der Waals surface area (Å²) in [5.74, 6) is 0. The summed E-state index contributed by atoms with van der Waals surface area (Å²) in [6, 6.07) is 1.70. The average molecular weight is 227 g/mol. The van der Waals surface area contributed by atoms with Crippen molar-refractivity contribution >= 4 is 0 Å². The first-order valence-electron chi connectivity index (χ1n) is 6.78. The van der Waals surface area contributed by atoms with Gasteiger partial charge < -0.3 is 5.73 Å². The van der Waals surface area contributed by atoms with Crippen molar-refractivity contribution in [1.29, 1.82) is 0 Å². The van der Waals surface area contributed by atoms with Gasteiger partial charge in [0.1, 0.15) is 0 Å². The molecule has 96 valence electrons. The van der Waals surface area contributed by atoms with E-state index in [4.69, 9.17) is 5.73 Å². The maximum absolute atomic E-state index is 5.86. The lowest BCUT2D eigenvalue weighted by Gasteiger charge is -2.40. The largest absolute Gasteiger partial charge is 0.328 e. The van der Waals surface area contributed by atoms with E-state index in [0.717, 1.165) is 12.5 Å². The third-order valence-electron chi connectivity index (χ3n) is 3.90. The predicted molar refractivity (Wildman–Crippen MR) is 70.6 cm³/mol. The van der Waals surface area contributed by atoms with Gasteiger partial charge in [0.25, 0.3) is 0 Å². The molecule has 0 bridgehead atoms. The molecule has 0 aromatic heterocycles. The van der Waals surface area contributed by atoms with Crippen molar-refractivity contribution in [3.63, 3.8) is 0 Å². The van der Waals surface area contributed by atoms with E-state index in [-0.39, 0.29) is 0 Å². The molecule has 16 heavy (non-hydrogen) atoms. The molecule has 0 aromatic rings. The second kappa shape index (κ2) is 6.58. The van der Waals surface area contributed by atoms with E-state index in [9.17, 15) is 0 Å². The maximum atomic E-state index is 5.86. The Labute approximate surface area is 101 Å². The molecule has 0 radical (unpaired) electrons. The van der Waals surface area contributed by atoms with Crippen LogP contribution in [0.5, 0.6) is 0 Å². The first-order valence-corrected chi connectivity index (χ1v) is 6.78. The van der Waals surface area contributed by atoms with Crippen molar-refractivity contribution in [2.45, 2.75) is 58.7 Å². The van der Waals surface area contributed by atoms with Crippen LogP contribution >= 0.6 is 0 Å². The van der Waals surface area contributed by atoms with E-state index in [1.54, 1.807) is 0 Å². The fraction of sp³-hybridized carbons (Fsp3) is 1.00. The van der Waals surface area contributed by atoms with Crippen molar-refractivity contribution in [2.75, 3.05) is 26.2 Å². The molecular weight excluding hydrogens is 198 g/mol. The highest BCUT2D eigenvalue weighted by atomic mass is 15.3. The Balaban J connectivity index is 2.31. The van der Waals surface area contributed by atoms with E-state index < -0.39 is 0 Å². The predicted octanol–water partition coefficient (Wildman–Crippen LogP) is 1.53. The van der Waals surface area contributed by atoms with Crippen LogP contribution in [0.15, 0.2) is 0 Å². The molecule has 3 unspecified atom stereocenters. The highest BCUT2D eigenvalue weighted by Crippen LogP contribution is 2.13. The minimum absolute atomic E-state index is 0.322. The van der Waals surface area contributed by atoms with E-state index in [0.29, 0.717) is 12.1 Å². The van der Waals surface area contributed by atoms with Crippen molar-refractivity contribution in [2.24, 2.45) is 5.73 Å². The number of rotatable bonds is 5. The Morgan fingerprint density at radius 2 is 1.38 bits per heavy atom. The van der Waals surface area contributed by atoms with Crippen molar-refractivity contribution in [3.8, 4) is 0 Å². The van der Waals surface area contributed by atoms with Crippen LogP contribution in [0.1, 0.15) is 40.5 Å². The van der Waals surface area contributed by atoms with Gasteiger partial charge in [0.2, 0.25) is 0 Å². The molecule has 0 aliphatic carbocycles. The van der Waals surface area contributed by atoms with Gasteiger partial charge in [0, 0.05) is 44.3 Å². The van der Waals surface area contributed by atoms with Gasteiger partial charge in [-0.15, -0.1) is 0 Å². The van der Waals surface area contributed by atoms with Crippen molar-refractivity contribution in [3.05, 3.63) is 0 Å². The zero-order valence-electron chi connectivity index (χ0n) is 11.4. The minimum Gasteiger partial charge on any atom is -0.328 e. The van der Waals surface area contributed by atoms with Gasteiger partial charge in [0.05, 0.1) is 0 Å². The van der Waals surface area contributed by atoms with Gasteiger partial charge in [-0.05, 0) is 33.6 Å².